The van der Waals surface area contributed by atoms with Gasteiger partial charge in [-0.15, -0.1) is 0 Å². The van der Waals surface area contributed by atoms with Gasteiger partial charge in [-0.05, 0) is 40.0 Å². The largest absolute Gasteiger partial charge is 0.376 e. The monoisotopic (exact) mass is 242 g/mol. The highest BCUT2D eigenvalue weighted by atomic mass is 16.5. The molecular formula is C13H26N2O2. The normalized spacial score (nSPS) is 20.6. The van der Waals surface area contributed by atoms with E-state index in [1.54, 1.807) is 0 Å². The Labute approximate surface area is 104 Å². The molecule has 1 amide bonds. The molecule has 0 spiro atoms. The molecule has 1 aliphatic heterocycles. The predicted octanol–water partition coefficient (Wildman–Crippen LogP) is 1.53. The first kappa shape index (κ1) is 14.5. The maximum Gasteiger partial charge on any atom is 0.222 e. The summed E-state index contributed by atoms with van der Waals surface area (Å²) < 4.78 is 5.56. The summed E-state index contributed by atoms with van der Waals surface area (Å²) in [5, 5.41) is 0. The van der Waals surface area contributed by atoms with Gasteiger partial charge in [0, 0.05) is 31.7 Å². The first-order chi connectivity index (χ1) is 7.92. The first-order valence-electron chi connectivity index (χ1n) is 6.60. The highest BCUT2D eigenvalue weighted by Gasteiger charge is 2.22. The van der Waals surface area contributed by atoms with E-state index >= 15 is 0 Å². The van der Waals surface area contributed by atoms with Crippen molar-refractivity contribution in [2.45, 2.75) is 58.1 Å². The molecule has 1 rings (SSSR count). The summed E-state index contributed by atoms with van der Waals surface area (Å²) in [4.78, 5) is 13.9. The van der Waals surface area contributed by atoms with Gasteiger partial charge in [-0.25, -0.2) is 0 Å². The molecule has 1 fully saturated rings. The summed E-state index contributed by atoms with van der Waals surface area (Å²) in [6, 6.07) is 0. The molecule has 4 heteroatoms. The number of carbonyl (C=O) groups excluding carboxylic acids is 1. The Bertz CT molecular complexity index is 242. The molecule has 1 unspecified atom stereocenters. The number of nitrogens with two attached hydrogens (primary N) is 1. The molecule has 0 aromatic heterocycles. The summed E-state index contributed by atoms with van der Waals surface area (Å²) in [5.41, 5.74) is 5.63. The van der Waals surface area contributed by atoms with Crippen molar-refractivity contribution in [3.05, 3.63) is 0 Å². The van der Waals surface area contributed by atoms with Crippen molar-refractivity contribution in [2.24, 2.45) is 5.73 Å². The van der Waals surface area contributed by atoms with Crippen LogP contribution in [0.3, 0.4) is 0 Å². The molecule has 1 heterocycles. The minimum Gasteiger partial charge on any atom is -0.376 e. The molecular weight excluding hydrogens is 216 g/mol. The Hall–Kier alpha value is -0.610. The van der Waals surface area contributed by atoms with Crippen LogP contribution in [0, 0.1) is 0 Å². The minimum absolute atomic E-state index is 0.196. The topological polar surface area (TPSA) is 55.6 Å². The SMILES string of the molecule is CCN(CC1CCCO1)C(=O)CCC(C)(C)N. The Morgan fingerprint density at radius 1 is 1.53 bits per heavy atom. The molecule has 4 nitrogen and oxygen atoms in total. The van der Waals surface area contributed by atoms with Crippen LogP contribution in [0.4, 0.5) is 0 Å². The zero-order valence-electron chi connectivity index (χ0n) is 11.4. The lowest BCUT2D eigenvalue weighted by Crippen LogP contribution is -2.39. The maximum absolute atomic E-state index is 12.0. The number of amides is 1. The van der Waals surface area contributed by atoms with E-state index in [-0.39, 0.29) is 17.6 Å². The van der Waals surface area contributed by atoms with Crippen LogP contribution in [0.2, 0.25) is 0 Å². The second-order valence-corrected chi connectivity index (χ2v) is 5.56. The first-order valence-corrected chi connectivity index (χ1v) is 6.60. The molecule has 1 aliphatic rings. The average Bonchev–Trinajstić information content (AvgIpc) is 2.74. The van der Waals surface area contributed by atoms with Crippen molar-refractivity contribution in [1.29, 1.82) is 0 Å². The lowest BCUT2D eigenvalue weighted by atomic mass is 9.99. The maximum atomic E-state index is 12.0. The number of likely N-dealkylation sites (N-methyl/N-ethyl adjacent to an activating group) is 1. The molecule has 1 saturated heterocycles. The fourth-order valence-electron chi connectivity index (χ4n) is 2.03. The van der Waals surface area contributed by atoms with E-state index in [0.29, 0.717) is 6.42 Å². The van der Waals surface area contributed by atoms with Crippen molar-refractivity contribution in [1.82, 2.24) is 4.90 Å². The summed E-state index contributed by atoms with van der Waals surface area (Å²) >= 11 is 0. The lowest BCUT2D eigenvalue weighted by Gasteiger charge is -2.26. The van der Waals surface area contributed by atoms with Gasteiger partial charge in [-0.3, -0.25) is 4.79 Å². The van der Waals surface area contributed by atoms with E-state index in [1.165, 1.54) is 0 Å². The third-order valence-corrected chi connectivity index (χ3v) is 3.17. The summed E-state index contributed by atoms with van der Waals surface area (Å²) in [7, 11) is 0. The van der Waals surface area contributed by atoms with Crippen molar-refractivity contribution >= 4 is 5.91 Å². The molecule has 0 aliphatic carbocycles. The van der Waals surface area contributed by atoms with Crippen LogP contribution in [0.1, 0.15) is 46.5 Å². The van der Waals surface area contributed by atoms with Crippen LogP contribution in [-0.4, -0.2) is 42.1 Å². The lowest BCUT2D eigenvalue weighted by molar-refractivity contribution is -0.132. The second kappa shape index (κ2) is 6.36. The predicted molar refractivity (Wildman–Crippen MR) is 68.7 cm³/mol. The standard InChI is InChI=1S/C13H26N2O2/c1-4-15(10-11-6-5-9-17-11)12(16)7-8-13(2,3)14/h11H,4-10,14H2,1-3H3. The molecule has 17 heavy (non-hydrogen) atoms. The van der Waals surface area contributed by atoms with E-state index in [0.717, 1.165) is 39.0 Å². The smallest absolute Gasteiger partial charge is 0.222 e. The van der Waals surface area contributed by atoms with Gasteiger partial charge in [0.2, 0.25) is 5.91 Å². The van der Waals surface area contributed by atoms with Crippen LogP contribution in [-0.2, 0) is 9.53 Å². The van der Waals surface area contributed by atoms with Crippen LogP contribution >= 0.6 is 0 Å². The molecule has 100 valence electrons. The third-order valence-electron chi connectivity index (χ3n) is 3.17. The molecule has 0 aromatic rings. The van der Waals surface area contributed by atoms with Crippen LogP contribution in [0.25, 0.3) is 0 Å². The molecule has 2 N–H and O–H groups in total. The van der Waals surface area contributed by atoms with Crippen molar-refractivity contribution < 1.29 is 9.53 Å². The van der Waals surface area contributed by atoms with E-state index < -0.39 is 0 Å². The number of rotatable bonds is 6. The highest BCUT2D eigenvalue weighted by Crippen LogP contribution is 2.15. The van der Waals surface area contributed by atoms with E-state index in [1.807, 2.05) is 25.7 Å². The van der Waals surface area contributed by atoms with Gasteiger partial charge >= 0.3 is 0 Å². The third kappa shape index (κ3) is 5.50. The van der Waals surface area contributed by atoms with Gasteiger partial charge in [0.05, 0.1) is 6.10 Å². The van der Waals surface area contributed by atoms with Gasteiger partial charge in [0.15, 0.2) is 0 Å². The van der Waals surface area contributed by atoms with Gasteiger partial charge in [-0.2, -0.15) is 0 Å². The zero-order valence-corrected chi connectivity index (χ0v) is 11.4. The number of hydrogen-bond donors (Lipinski definition) is 1. The van der Waals surface area contributed by atoms with Crippen molar-refractivity contribution in [3.8, 4) is 0 Å². The van der Waals surface area contributed by atoms with Gasteiger partial charge < -0.3 is 15.4 Å². The Balaban J connectivity index is 2.35. The van der Waals surface area contributed by atoms with Crippen LogP contribution < -0.4 is 5.73 Å². The fourth-order valence-corrected chi connectivity index (χ4v) is 2.03. The molecule has 0 radical (unpaired) electrons. The summed E-state index contributed by atoms with van der Waals surface area (Å²) in [5.74, 6) is 0.196. The van der Waals surface area contributed by atoms with E-state index in [2.05, 4.69) is 0 Å². The van der Waals surface area contributed by atoms with E-state index in [4.69, 9.17) is 10.5 Å². The van der Waals surface area contributed by atoms with Gasteiger partial charge in [-0.1, -0.05) is 0 Å². The van der Waals surface area contributed by atoms with Crippen molar-refractivity contribution in [3.63, 3.8) is 0 Å². The number of hydrogen-bond acceptors (Lipinski definition) is 3. The quantitative estimate of drug-likeness (QED) is 0.768. The molecule has 0 aromatic carbocycles. The van der Waals surface area contributed by atoms with E-state index in [9.17, 15) is 4.79 Å². The Morgan fingerprint density at radius 3 is 2.71 bits per heavy atom. The summed E-state index contributed by atoms with van der Waals surface area (Å²) in [6.07, 6.45) is 3.70. The van der Waals surface area contributed by atoms with Crippen molar-refractivity contribution in [2.75, 3.05) is 19.7 Å². The van der Waals surface area contributed by atoms with Gasteiger partial charge in [0.25, 0.3) is 0 Å². The van der Waals surface area contributed by atoms with Gasteiger partial charge in [0.1, 0.15) is 0 Å². The number of ether oxygens (including phenoxy) is 1. The number of nitrogens with zero attached hydrogens (tertiary/aromatic N) is 1. The highest BCUT2D eigenvalue weighted by molar-refractivity contribution is 5.76. The Kier molecular flexibility index (Phi) is 5.40. The van der Waals surface area contributed by atoms with Crippen LogP contribution in [0.5, 0.6) is 0 Å². The Morgan fingerprint density at radius 2 is 2.24 bits per heavy atom. The second-order valence-electron chi connectivity index (χ2n) is 5.56. The minimum atomic E-state index is -0.265. The molecule has 1 atom stereocenters. The fraction of sp³-hybridized carbons (Fsp3) is 0.923. The number of carbonyl (C=O) groups is 1. The zero-order chi connectivity index (χ0) is 12.9. The molecule has 0 bridgehead atoms. The summed E-state index contributed by atoms with van der Waals surface area (Å²) in [6.45, 7) is 8.25. The molecule has 0 saturated carbocycles. The van der Waals surface area contributed by atoms with Crippen LogP contribution in [0.15, 0.2) is 0 Å². The average molecular weight is 242 g/mol.